The first-order chi connectivity index (χ1) is 6.70. The Morgan fingerprint density at radius 2 is 2.29 bits per heavy atom. The Morgan fingerprint density at radius 3 is 3.00 bits per heavy atom. The normalized spacial score (nSPS) is 13.3. The van der Waals surface area contributed by atoms with Crippen molar-refractivity contribution in [3.8, 4) is 0 Å². The average molecular weight is 190 g/mol. The van der Waals surface area contributed by atoms with Crippen molar-refractivity contribution in [1.29, 1.82) is 0 Å². The molecule has 3 nitrogen and oxygen atoms in total. The summed E-state index contributed by atoms with van der Waals surface area (Å²) in [5, 5.41) is 0. The van der Waals surface area contributed by atoms with E-state index in [1.165, 1.54) is 0 Å². The molecule has 74 valence electrons. The van der Waals surface area contributed by atoms with Crippen molar-refractivity contribution >= 4 is 16.8 Å². The molecule has 0 saturated heterocycles. The molecule has 1 aromatic heterocycles. The monoisotopic (exact) mass is 190 g/mol. The molecule has 0 saturated carbocycles. The van der Waals surface area contributed by atoms with Crippen LogP contribution in [0.15, 0.2) is 22.6 Å². The molecule has 0 amide bonds. The second kappa shape index (κ2) is 3.33. The zero-order valence-corrected chi connectivity index (χ0v) is 8.45. The van der Waals surface area contributed by atoms with Crippen molar-refractivity contribution in [2.75, 3.05) is 5.73 Å². The van der Waals surface area contributed by atoms with Gasteiger partial charge < -0.3 is 10.2 Å². The fraction of sp³-hybridized carbons (Fsp3) is 0.364. The maximum absolute atomic E-state index is 5.66. The molecule has 0 radical (unpaired) electrons. The van der Waals surface area contributed by atoms with E-state index in [1.807, 2.05) is 18.2 Å². The van der Waals surface area contributed by atoms with Crippen molar-refractivity contribution in [2.24, 2.45) is 0 Å². The van der Waals surface area contributed by atoms with Crippen LogP contribution in [-0.4, -0.2) is 4.98 Å². The number of rotatable bonds is 2. The van der Waals surface area contributed by atoms with E-state index in [0.29, 0.717) is 5.92 Å². The number of fused-ring (bicyclic) bond motifs is 1. The van der Waals surface area contributed by atoms with Gasteiger partial charge in [-0.2, -0.15) is 0 Å². The number of aromatic nitrogens is 1. The van der Waals surface area contributed by atoms with Gasteiger partial charge in [-0.05, 0) is 24.6 Å². The zero-order chi connectivity index (χ0) is 10.1. The molecule has 1 atom stereocenters. The van der Waals surface area contributed by atoms with Crippen molar-refractivity contribution in [2.45, 2.75) is 26.2 Å². The van der Waals surface area contributed by atoms with Gasteiger partial charge in [0.25, 0.3) is 0 Å². The van der Waals surface area contributed by atoms with Crippen LogP contribution in [0.1, 0.15) is 32.1 Å². The minimum atomic E-state index is 0.364. The molecule has 0 spiro atoms. The first kappa shape index (κ1) is 9.06. The number of nitrogens with two attached hydrogens (primary N) is 1. The summed E-state index contributed by atoms with van der Waals surface area (Å²) in [6.45, 7) is 4.22. The first-order valence-corrected chi connectivity index (χ1v) is 4.86. The maximum Gasteiger partial charge on any atom is 0.198 e. The maximum atomic E-state index is 5.66. The summed E-state index contributed by atoms with van der Waals surface area (Å²) >= 11 is 0. The molecule has 2 N–H and O–H groups in total. The Balaban J connectivity index is 2.51. The molecule has 1 aromatic carbocycles. The molecule has 2 rings (SSSR count). The van der Waals surface area contributed by atoms with Gasteiger partial charge in [0.05, 0.1) is 0 Å². The van der Waals surface area contributed by atoms with Gasteiger partial charge in [0.2, 0.25) is 0 Å². The predicted octanol–water partition coefficient (Wildman–Crippen LogP) is 2.92. The van der Waals surface area contributed by atoms with Crippen LogP contribution >= 0.6 is 0 Å². The molecular formula is C11H14N2O. The summed E-state index contributed by atoms with van der Waals surface area (Å²) in [6, 6.07) is 5.53. The van der Waals surface area contributed by atoms with E-state index in [-0.39, 0.29) is 0 Å². The van der Waals surface area contributed by atoms with E-state index in [9.17, 15) is 0 Å². The lowest BCUT2D eigenvalue weighted by Gasteiger charge is -1.99. The van der Waals surface area contributed by atoms with Crippen LogP contribution in [0.3, 0.4) is 0 Å². The predicted molar refractivity (Wildman–Crippen MR) is 57.1 cm³/mol. The SMILES string of the molecule is CCC(C)c1nc2cc(N)ccc2o1. The van der Waals surface area contributed by atoms with Crippen LogP contribution in [0.4, 0.5) is 5.69 Å². The largest absolute Gasteiger partial charge is 0.440 e. The van der Waals surface area contributed by atoms with Crippen molar-refractivity contribution in [3.63, 3.8) is 0 Å². The Hall–Kier alpha value is -1.51. The van der Waals surface area contributed by atoms with E-state index < -0.39 is 0 Å². The number of benzene rings is 1. The molecule has 0 fully saturated rings. The van der Waals surface area contributed by atoms with Crippen molar-refractivity contribution in [1.82, 2.24) is 4.98 Å². The topological polar surface area (TPSA) is 52.0 Å². The Kier molecular flexibility index (Phi) is 2.15. The van der Waals surface area contributed by atoms with E-state index >= 15 is 0 Å². The number of nitrogen functional groups attached to an aromatic ring is 1. The van der Waals surface area contributed by atoms with E-state index in [4.69, 9.17) is 10.2 Å². The highest BCUT2D eigenvalue weighted by Gasteiger charge is 2.11. The highest BCUT2D eigenvalue weighted by atomic mass is 16.3. The molecule has 14 heavy (non-hydrogen) atoms. The summed E-state index contributed by atoms with van der Waals surface area (Å²) in [5.74, 6) is 1.16. The molecule has 0 aliphatic rings. The summed E-state index contributed by atoms with van der Waals surface area (Å²) in [4.78, 5) is 4.40. The van der Waals surface area contributed by atoms with Gasteiger partial charge in [0.15, 0.2) is 11.5 Å². The van der Waals surface area contributed by atoms with Gasteiger partial charge in [-0.15, -0.1) is 0 Å². The Morgan fingerprint density at radius 1 is 1.50 bits per heavy atom. The molecular weight excluding hydrogens is 176 g/mol. The molecule has 1 unspecified atom stereocenters. The smallest absolute Gasteiger partial charge is 0.198 e. The minimum absolute atomic E-state index is 0.364. The fourth-order valence-electron chi connectivity index (χ4n) is 1.35. The van der Waals surface area contributed by atoms with Crippen molar-refractivity contribution in [3.05, 3.63) is 24.1 Å². The van der Waals surface area contributed by atoms with E-state index in [1.54, 1.807) is 0 Å². The summed E-state index contributed by atoms with van der Waals surface area (Å²) in [6.07, 6.45) is 1.03. The van der Waals surface area contributed by atoms with Gasteiger partial charge in [-0.3, -0.25) is 0 Å². The standard InChI is InChI=1S/C11H14N2O/c1-3-7(2)11-13-9-6-8(12)4-5-10(9)14-11/h4-7H,3,12H2,1-2H3. The molecule has 0 aliphatic carbocycles. The van der Waals surface area contributed by atoms with Gasteiger partial charge in [0, 0.05) is 11.6 Å². The lowest BCUT2D eigenvalue weighted by atomic mass is 10.1. The van der Waals surface area contributed by atoms with Gasteiger partial charge in [-0.25, -0.2) is 4.98 Å². The second-order valence-electron chi connectivity index (χ2n) is 3.59. The van der Waals surface area contributed by atoms with E-state index in [2.05, 4.69) is 18.8 Å². The average Bonchev–Trinajstić information content (AvgIpc) is 2.59. The minimum Gasteiger partial charge on any atom is -0.440 e. The van der Waals surface area contributed by atoms with Crippen LogP contribution in [0.2, 0.25) is 0 Å². The molecule has 3 heteroatoms. The third kappa shape index (κ3) is 1.45. The number of hydrogen-bond acceptors (Lipinski definition) is 3. The highest BCUT2D eigenvalue weighted by molar-refractivity contribution is 5.76. The van der Waals surface area contributed by atoms with Crippen LogP contribution < -0.4 is 5.73 Å². The van der Waals surface area contributed by atoms with E-state index in [0.717, 1.165) is 29.1 Å². The van der Waals surface area contributed by atoms with Gasteiger partial charge >= 0.3 is 0 Å². The van der Waals surface area contributed by atoms with Crippen LogP contribution in [-0.2, 0) is 0 Å². The molecule has 0 bridgehead atoms. The van der Waals surface area contributed by atoms with Crippen molar-refractivity contribution < 1.29 is 4.42 Å². The third-order valence-electron chi connectivity index (χ3n) is 2.46. The van der Waals surface area contributed by atoms with Crippen LogP contribution in [0.5, 0.6) is 0 Å². The highest BCUT2D eigenvalue weighted by Crippen LogP contribution is 2.24. The van der Waals surface area contributed by atoms with Gasteiger partial charge in [-0.1, -0.05) is 13.8 Å². The Bertz CT molecular complexity index is 447. The van der Waals surface area contributed by atoms with Crippen LogP contribution in [0, 0.1) is 0 Å². The Labute approximate surface area is 82.9 Å². The van der Waals surface area contributed by atoms with Gasteiger partial charge in [0.1, 0.15) is 5.52 Å². The van der Waals surface area contributed by atoms with Crippen LogP contribution in [0.25, 0.3) is 11.1 Å². The fourth-order valence-corrected chi connectivity index (χ4v) is 1.35. The lowest BCUT2D eigenvalue weighted by molar-refractivity contribution is 0.479. The summed E-state index contributed by atoms with van der Waals surface area (Å²) < 4.78 is 5.61. The number of anilines is 1. The lowest BCUT2D eigenvalue weighted by Crippen LogP contribution is -1.89. The first-order valence-electron chi connectivity index (χ1n) is 4.86. The molecule has 1 heterocycles. The second-order valence-corrected chi connectivity index (χ2v) is 3.59. The summed E-state index contributed by atoms with van der Waals surface area (Å²) in [7, 11) is 0. The number of hydrogen-bond donors (Lipinski definition) is 1. The third-order valence-corrected chi connectivity index (χ3v) is 2.46. The molecule has 2 aromatic rings. The summed E-state index contributed by atoms with van der Waals surface area (Å²) in [5.41, 5.74) is 8.05. The molecule has 0 aliphatic heterocycles. The zero-order valence-electron chi connectivity index (χ0n) is 8.45. The quantitative estimate of drug-likeness (QED) is 0.741. The number of nitrogens with zero attached hydrogens (tertiary/aromatic N) is 1. The number of oxazole rings is 1.